The average Bonchev–Trinajstić information content (AvgIpc) is 2.42. The Balaban J connectivity index is 2.14. The van der Waals surface area contributed by atoms with Crippen LogP contribution in [0.15, 0.2) is 24.3 Å². The maximum atomic E-state index is 10.5. The van der Waals surface area contributed by atoms with Crippen LogP contribution in [-0.2, 0) is 11.2 Å². The van der Waals surface area contributed by atoms with Crippen LogP contribution in [0.3, 0.4) is 0 Å². The fourth-order valence-electron chi connectivity index (χ4n) is 1.67. The number of aryl methyl sites for hydroxylation is 1. The smallest absolute Gasteiger partial charge is 0.320 e. The maximum Gasteiger partial charge on any atom is 0.320 e. The normalized spacial score (nSPS) is 11.9. The number of nitrogens with two attached hydrogens (primary N) is 1. The molecule has 1 rings (SSSR count). The van der Waals surface area contributed by atoms with Crippen LogP contribution >= 0.6 is 34.8 Å². The van der Waals surface area contributed by atoms with Gasteiger partial charge < -0.3 is 16.2 Å². The molecule has 0 radical (unpaired) electrons. The molecule has 1 aromatic carbocycles. The van der Waals surface area contributed by atoms with E-state index in [-0.39, 0.29) is 0 Å². The second-order valence-corrected chi connectivity index (χ2v) is 6.30. The lowest BCUT2D eigenvalue weighted by molar-refractivity contribution is -0.138. The highest BCUT2D eigenvalue weighted by Crippen LogP contribution is 2.08. The molecule has 1 atom stereocenters. The van der Waals surface area contributed by atoms with Gasteiger partial charge in [0.05, 0.1) is 4.99 Å². The molecule has 0 aromatic heterocycles. The Morgan fingerprint density at radius 2 is 2.05 bits per heavy atom. The van der Waals surface area contributed by atoms with E-state index in [9.17, 15) is 4.79 Å². The molecule has 0 spiro atoms. The topological polar surface area (TPSA) is 75.3 Å². The Kier molecular flexibility index (Phi) is 8.01. The Labute approximate surface area is 138 Å². The third-order valence-corrected chi connectivity index (χ3v) is 3.95. The Bertz CT molecular complexity index is 451. The standard InChI is InChI=1S/C14H19IN2O2S/c15-11-6-3-10(4-7-11)5-8-13(20)17-9-1-2-12(16)14(18)19/h3-4,6-7,12H,1-2,5,8-9,16H2,(H,17,20)(H,18,19). The first-order valence-corrected chi connectivity index (χ1v) is 7.97. The van der Waals surface area contributed by atoms with E-state index in [0.717, 1.165) is 17.8 Å². The van der Waals surface area contributed by atoms with Crippen LogP contribution in [0.25, 0.3) is 0 Å². The van der Waals surface area contributed by atoms with Gasteiger partial charge in [0.25, 0.3) is 0 Å². The van der Waals surface area contributed by atoms with Crippen molar-refractivity contribution in [3.05, 3.63) is 33.4 Å². The van der Waals surface area contributed by atoms with E-state index in [1.54, 1.807) is 0 Å². The van der Waals surface area contributed by atoms with Crippen molar-refractivity contribution >= 4 is 45.8 Å². The minimum absolute atomic E-state index is 0.460. The molecule has 0 fully saturated rings. The maximum absolute atomic E-state index is 10.5. The summed E-state index contributed by atoms with van der Waals surface area (Å²) in [6.45, 7) is 0.673. The molecule has 0 amide bonds. The second-order valence-electron chi connectivity index (χ2n) is 4.56. The predicted molar refractivity (Wildman–Crippen MR) is 92.9 cm³/mol. The van der Waals surface area contributed by atoms with E-state index in [4.69, 9.17) is 23.1 Å². The van der Waals surface area contributed by atoms with Gasteiger partial charge in [-0.25, -0.2) is 0 Å². The number of hydrogen-bond donors (Lipinski definition) is 3. The minimum atomic E-state index is -0.953. The SMILES string of the molecule is NC(CCCNC(=S)CCc1ccc(I)cc1)C(=O)O. The lowest BCUT2D eigenvalue weighted by Gasteiger charge is -2.09. The van der Waals surface area contributed by atoms with Gasteiger partial charge >= 0.3 is 5.97 Å². The number of rotatable bonds is 8. The van der Waals surface area contributed by atoms with Gasteiger partial charge in [-0.1, -0.05) is 24.4 Å². The number of carboxylic acid groups (broad SMARTS) is 1. The number of halogens is 1. The van der Waals surface area contributed by atoms with Crippen molar-refractivity contribution in [1.82, 2.24) is 5.32 Å². The summed E-state index contributed by atoms with van der Waals surface area (Å²) in [5.74, 6) is -0.953. The molecular weight excluding hydrogens is 387 g/mol. The lowest BCUT2D eigenvalue weighted by atomic mass is 10.1. The van der Waals surface area contributed by atoms with Gasteiger partial charge in [-0.3, -0.25) is 4.79 Å². The third-order valence-electron chi connectivity index (χ3n) is 2.89. The summed E-state index contributed by atoms with van der Waals surface area (Å²) in [7, 11) is 0. The van der Waals surface area contributed by atoms with Crippen LogP contribution in [0, 0.1) is 3.57 Å². The van der Waals surface area contributed by atoms with Gasteiger partial charge in [0.15, 0.2) is 0 Å². The molecule has 4 nitrogen and oxygen atoms in total. The predicted octanol–water partition coefficient (Wildman–Crippen LogP) is 2.33. The first-order valence-electron chi connectivity index (χ1n) is 6.48. The molecule has 1 aromatic rings. The first-order chi connectivity index (χ1) is 9.49. The van der Waals surface area contributed by atoms with E-state index in [1.165, 1.54) is 9.13 Å². The van der Waals surface area contributed by atoms with Crippen molar-refractivity contribution < 1.29 is 9.90 Å². The molecule has 0 aliphatic carbocycles. The zero-order valence-electron chi connectivity index (χ0n) is 11.1. The quantitative estimate of drug-likeness (QED) is 0.351. The zero-order chi connectivity index (χ0) is 15.0. The average molecular weight is 406 g/mol. The molecule has 6 heteroatoms. The largest absolute Gasteiger partial charge is 0.480 e. The van der Waals surface area contributed by atoms with Gasteiger partial charge in [0.1, 0.15) is 6.04 Å². The second kappa shape index (κ2) is 9.25. The summed E-state index contributed by atoms with van der Waals surface area (Å²) in [6, 6.07) is 7.60. The molecule has 110 valence electrons. The number of benzene rings is 1. The van der Waals surface area contributed by atoms with Gasteiger partial charge in [0.2, 0.25) is 0 Å². The van der Waals surface area contributed by atoms with Crippen LogP contribution in [0.4, 0.5) is 0 Å². The molecule has 0 saturated heterocycles. The lowest BCUT2D eigenvalue weighted by Crippen LogP contribution is -2.31. The summed E-state index contributed by atoms with van der Waals surface area (Å²) in [6.07, 6.45) is 2.89. The molecule has 4 N–H and O–H groups in total. The number of thiocarbonyl (C=S) groups is 1. The van der Waals surface area contributed by atoms with Crippen molar-refractivity contribution in [1.29, 1.82) is 0 Å². The van der Waals surface area contributed by atoms with Crippen LogP contribution in [0.1, 0.15) is 24.8 Å². The van der Waals surface area contributed by atoms with Gasteiger partial charge in [-0.2, -0.15) is 0 Å². The highest BCUT2D eigenvalue weighted by Gasteiger charge is 2.10. The van der Waals surface area contributed by atoms with E-state index in [2.05, 4.69) is 52.2 Å². The highest BCUT2D eigenvalue weighted by molar-refractivity contribution is 14.1. The summed E-state index contributed by atoms with van der Waals surface area (Å²) in [4.78, 5) is 11.4. The number of carboxylic acids is 1. The number of hydrogen-bond acceptors (Lipinski definition) is 3. The molecule has 0 aliphatic heterocycles. The fraction of sp³-hybridized carbons (Fsp3) is 0.429. The van der Waals surface area contributed by atoms with Gasteiger partial charge in [-0.05, 0) is 59.5 Å². The van der Waals surface area contributed by atoms with Crippen LogP contribution in [0.2, 0.25) is 0 Å². The van der Waals surface area contributed by atoms with Gasteiger partial charge in [0, 0.05) is 16.5 Å². The first kappa shape index (κ1) is 17.3. The van der Waals surface area contributed by atoms with Crippen molar-refractivity contribution in [3.63, 3.8) is 0 Å². The third kappa shape index (κ3) is 7.16. The van der Waals surface area contributed by atoms with Crippen molar-refractivity contribution in [2.75, 3.05) is 6.54 Å². The Morgan fingerprint density at radius 1 is 1.40 bits per heavy atom. The summed E-state index contributed by atoms with van der Waals surface area (Å²) < 4.78 is 1.22. The zero-order valence-corrected chi connectivity index (χ0v) is 14.1. The fourth-order valence-corrected chi connectivity index (χ4v) is 2.23. The highest BCUT2D eigenvalue weighted by atomic mass is 127. The van der Waals surface area contributed by atoms with Gasteiger partial charge in [-0.15, -0.1) is 0 Å². The summed E-state index contributed by atoms with van der Waals surface area (Å²) >= 11 is 7.53. The molecule has 0 saturated carbocycles. The van der Waals surface area contributed by atoms with E-state index in [1.807, 2.05) is 0 Å². The van der Waals surface area contributed by atoms with Crippen molar-refractivity contribution in [2.45, 2.75) is 31.7 Å². The van der Waals surface area contributed by atoms with E-state index < -0.39 is 12.0 Å². The number of aliphatic carboxylic acids is 1. The number of nitrogens with one attached hydrogen (secondary N) is 1. The molecule has 20 heavy (non-hydrogen) atoms. The Hall–Kier alpha value is -0.730. The molecule has 0 aliphatic rings. The Morgan fingerprint density at radius 3 is 2.65 bits per heavy atom. The molecule has 0 heterocycles. The minimum Gasteiger partial charge on any atom is -0.480 e. The summed E-state index contributed by atoms with van der Waals surface area (Å²) in [5.41, 5.74) is 6.69. The monoisotopic (exact) mass is 406 g/mol. The summed E-state index contributed by atoms with van der Waals surface area (Å²) in [5, 5.41) is 11.8. The van der Waals surface area contributed by atoms with Crippen LogP contribution in [0.5, 0.6) is 0 Å². The van der Waals surface area contributed by atoms with Crippen molar-refractivity contribution in [3.8, 4) is 0 Å². The van der Waals surface area contributed by atoms with Crippen molar-refractivity contribution in [2.24, 2.45) is 5.73 Å². The van der Waals surface area contributed by atoms with Crippen LogP contribution in [-0.4, -0.2) is 28.7 Å². The van der Waals surface area contributed by atoms with Crippen LogP contribution < -0.4 is 11.1 Å². The molecule has 1 unspecified atom stereocenters. The number of carbonyl (C=O) groups is 1. The van der Waals surface area contributed by atoms with E-state index in [0.29, 0.717) is 19.4 Å². The molecular formula is C14H19IN2O2S. The molecule has 0 bridgehead atoms. The van der Waals surface area contributed by atoms with E-state index >= 15 is 0 Å².